The lowest BCUT2D eigenvalue weighted by Crippen LogP contribution is -2.53. The Hall–Kier alpha value is -2.86. The Bertz CT molecular complexity index is 997. The van der Waals surface area contributed by atoms with Crippen LogP contribution in [-0.4, -0.2) is 35.0 Å². The Morgan fingerprint density at radius 1 is 1.14 bits per heavy atom. The molecule has 2 aromatic carbocycles. The van der Waals surface area contributed by atoms with Crippen molar-refractivity contribution in [3.63, 3.8) is 0 Å². The van der Waals surface area contributed by atoms with Gasteiger partial charge in [0.05, 0.1) is 5.56 Å². The first-order valence-corrected chi connectivity index (χ1v) is 9.98. The van der Waals surface area contributed by atoms with E-state index in [2.05, 4.69) is 0 Å². The summed E-state index contributed by atoms with van der Waals surface area (Å²) in [5.74, 6) is -2.00. The molecule has 152 valence electrons. The minimum atomic E-state index is -2.11. The molecule has 4 rings (SSSR count). The van der Waals surface area contributed by atoms with Gasteiger partial charge in [-0.3, -0.25) is 4.79 Å². The zero-order valence-electron chi connectivity index (χ0n) is 17.1. The van der Waals surface area contributed by atoms with Gasteiger partial charge in [-0.05, 0) is 31.4 Å². The average Bonchev–Trinajstić information content (AvgIpc) is 3.06. The van der Waals surface area contributed by atoms with Crippen LogP contribution in [0.15, 0.2) is 42.5 Å². The summed E-state index contributed by atoms with van der Waals surface area (Å²) in [6.45, 7) is 8.59. The van der Waals surface area contributed by atoms with Crippen LogP contribution in [0.3, 0.4) is 0 Å². The first-order chi connectivity index (χ1) is 13.8. The van der Waals surface area contributed by atoms with E-state index in [1.165, 1.54) is 4.90 Å². The number of hydrogen-bond acceptors (Lipinski definition) is 5. The van der Waals surface area contributed by atoms with Crippen LogP contribution in [0, 0.1) is 0 Å². The fourth-order valence-electron chi connectivity index (χ4n) is 4.22. The summed E-state index contributed by atoms with van der Waals surface area (Å²) in [6.07, 6.45) is -0.668. The van der Waals surface area contributed by atoms with E-state index in [0.717, 1.165) is 5.56 Å². The zero-order chi connectivity index (χ0) is 21.0. The molecule has 0 saturated heterocycles. The number of ether oxygens (including phenoxy) is 2. The molecule has 6 heteroatoms. The van der Waals surface area contributed by atoms with Crippen LogP contribution in [0.25, 0.3) is 0 Å². The molecule has 2 unspecified atom stereocenters. The number of aliphatic hydroxyl groups is 1. The van der Waals surface area contributed by atoms with Crippen LogP contribution in [0.4, 0.5) is 4.79 Å². The lowest BCUT2D eigenvalue weighted by atomic mass is 9.85. The number of carbonyl (C=O) groups excluding carboxylic acids is 2. The van der Waals surface area contributed by atoms with Gasteiger partial charge in [0, 0.05) is 24.2 Å². The van der Waals surface area contributed by atoms with E-state index in [1.807, 2.05) is 33.8 Å². The Labute approximate surface area is 170 Å². The molecule has 0 saturated carbocycles. The molecule has 0 fully saturated rings. The molecular weight excluding hydrogens is 370 g/mol. The van der Waals surface area contributed by atoms with E-state index in [-0.39, 0.29) is 5.92 Å². The van der Waals surface area contributed by atoms with Gasteiger partial charge < -0.3 is 19.5 Å². The zero-order valence-corrected chi connectivity index (χ0v) is 17.1. The van der Waals surface area contributed by atoms with Gasteiger partial charge in [0.1, 0.15) is 5.75 Å². The first-order valence-electron chi connectivity index (χ1n) is 9.98. The number of fused-ring (bicyclic) bond motifs is 5. The third-order valence-corrected chi connectivity index (χ3v) is 5.91. The maximum absolute atomic E-state index is 13.6. The Morgan fingerprint density at radius 3 is 2.48 bits per heavy atom. The fraction of sp³-hybridized carbons (Fsp3) is 0.391. The summed E-state index contributed by atoms with van der Waals surface area (Å²) >= 11 is 0. The standard InChI is InChI=1S/C23H25NO5/c1-5-24(6-2)21(26)29-22-18-12-11-15(14(3)4)13-19(18)28-23(22,27)17-10-8-7-9-16(17)20(22)25/h7-14,27H,5-6H2,1-4H3. The predicted molar refractivity (Wildman–Crippen MR) is 107 cm³/mol. The highest BCUT2D eigenvalue weighted by atomic mass is 16.7. The fourth-order valence-corrected chi connectivity index (χ4v) is 4.22. The number of ketones is 1. The summed E-state index contributed by atoms with van der Waals surface area (Å²) in [7, 11) is 0. The lowest BCUT2D eigenvalue weighted by Gasteiger charge is -2.34. The van der Waals surface area contributed by atoms with Crippen molar-refractivity contribution in [1.82, 2.24) is 4.90 Å². The third kappa shape index (κ3) is 2.45. The predicted octanol–water partition coefficient (Wildman–Crippen LogP) is 3.92. The second kappa shape index (κ2) is 6.59. The van der Waals surface area contributed by atoms with Gasteiger partial charge in [-0.25, -0.2) is 4.79 Å². The molecule has 0 spiro atoms. The molecule has 2 aromatic rings. The number of benzene rings is 2. The first kappa shape index (κ1) is 19.5. The van der Waals surface area contributed by atoms with E-state index in [1.54, 1.807) is 36.4 Å². The van der Waals surface area contributed by atoms with Crippen molar-refractivity contribution < 1.29 is 24.2 Å². The van der Waals surface area contributed by atoms with Gasteiger partial charge in [-0.1, -0.05) is 50.2 Å². The van der Waals surface area contributed by atoms with Crippen LogP contribution in [0.1, 0.15) is 60.7 Å². The number of nitrogens with zero attached hydrogens (tertiary/aromatic N) is 1. The molecule has 0 radical (unpaired) electrons. The highest BCUT2D eigenvalue weighted by Gasteiger charge is 2.74. The number of rotatable bonds is 4. The van der Waals surface area contributed by atoms with Crippen LogP contribution >= 0.6 is 0 Å². The molecule has 1 aliphatic heterocycles. The number of carbonyl (C=O) groups is 2. The van der Waals surface area contributed by atoms with Gasteiger partial charge in [0.25, 0.3) is 11.4 Å². The van der Waals surface area contributed by atoms with E-state index >= 15 is 0 Å². The Kier molecular flexibility index (Phi) is 4.42. The molecule has 1 N–H and O–H groups in total. The van der Waals surface area contributed by atoms with Crippen molar-refractivity contribution in [2.24, 2.45) is 0 Å². The van der Waals surface area contributed by atoms with Crippen molar-refractivity contribution in [3.8, 4) is 5.75 Å². The summed E-state index contributed by atoms with van der Waals surface area (Å²) in [6, 6.07) is 12.1. The van der Waals surface area contributed by atoms with Crippen molar-refractivity contribution >= 4 is 11.9 Å². The molecule has 2 atom stereocenters. The smallest absolute Gasteiger partial charge is 0.411 e. The maximum atomic E-state index is 13.6. The highest BCUT2D eigenvalue weighted by molar-refractivity contribution is 6.10. The van der Waals surface area contributed by atoms with Gasteiger partial charge in [0.15, 0.2) is 0 Å². The van der Waals surface area contributed by atoms with Crippen LogP contribution in [-0.2, 0) is 16.1 Å². The maximum Gasteiger partial charge on any atom is 0.411 e. The highest BCUT2D eigenvalue weighted by Crippen LogP contribution is 2.60. The average molecular weight is 395 g/mol. The van der Waals surface area contributed by atoms with Gasteiger partial charge in [-0.15, -0.1) is 0 Å². The van der Waals surface area contributed by atoms with E-state index in [4.69, 9.17) is 9.47 Å². The molecule has 0 bridgehead atoms. The quantitative estimate of drug-likeness (QED) is 0.849. The third-order valence-electron chi connectivity index (χ3n) is 5.91. The largest absolute Gasteiger partial charge is 0.453 e. The lowest BCUT2D eigenvalue weighted by molar-refractivity contribution is -0.226. The number of Topliss-reactive ketones (excluding diaryl/α,β-unsaturated/α-hetero) is 1. The van der Waals surface area contributed by atoms with Crippen LogP contribution in [0.2, 0.25) is 0 Å². The second-order valence-corrected chi connectivity index (χ2v) is 7.75. The van der Waals surface area contributed by atoms with E-state index in [9.17, 15) is 14.7 Å². The van der Waals surface area contributed by atoms with Crippen molar-refractivity contribution in [1.29, 1.82) is 0 Å². The normalized spacial score (nSPS) is 24.0. The molecule has 29 heavy (non-hydrogen) atoms. The van der Waals surface area contributed by atoms with E-state index in [0.29, 0.717) is 35.5 Å². The van der Waals surface area contributed by atoms with Crippen molar-refractivity contribution in [2.45, 2.75) is 45.0 Å². The Morgan fingerprint density at radius 2 is 1.83 bits per heavy atom. The molecule has 1 amide bonds. The minimum Gasteiger partial charge on any atom is -0.453 e. The Balaban J connectivity index is 1.93. The summed E-state index contributed by atoms with van der Waals surface area (Å²) in [5, 5.41) is 11.7. The molecular formula is C23H25NO5. The van der Waals surface area contributed by atoms with Gasteiger partial charge >= 0.3 is 6.09 Å². The molecule has 6 nitrogen and oxygen atoms in total. The van der Waals surface area contributed by atoms with Crippen LogP contribution < -0.4 is 4.74 Å². The molecule has 1 heterocycles. The second-order valence-electron chi connectivity index (χ2n) is 7.75. The molecule has 0 aromatic heterocycles. The molecule has 2 aliphatic rings. The van der Waals surface area contributed by atoms with Crippen molar-refractivity contribution in [3.05, 3.63) is 64.7 Å². The van der Waals surface area contributed by atoms with Crippen molar-refractivity contribution in [2.75, 3.05) is 13.1 Å². The summed E-state index contributed by atoms with van der Waals surface area (Å²) in [4.78, 5) is 28.0. The summed E-state index contributed by atoms with van der Waals surface area (Å²) < 4.78 is 11.9. The van der Waals surface area contributed by atoms with Gasteiger partial charge in [0.2, 0.25) is 5.78 Å². The number of hydrogen-bond donors (Lipinski definition) is 1. The summed E-state index contributed by atoms with van der Waals surface area (Å²) in [5.41, 5.74) is -0.00810. The topological polar surface area (TPSA) is 76.1 Å². The number of amides is 1. The monoisotopic (exact) mass is 395 g/mol. The SMILES string of the molecule is CCN(CC)C(=O)OC12C(=O)c3ccccc3C1(O)Oc1cc(C(C)C)ccc12. The molecule has 1 aliphatic carbocycles. The van der Waals surface area contributed by atoms with Crippen LogP contribution in [0.5, 0.6) is 5.75 Å². The minimum absolute atomic E-state index is 0.233. The van der Waals surface area contributed by atoms with E-state index < -0.39 is 23.3 Å². The van der Waals surface area contributed by atoms with Gasteiger partial charge in [-0.2, -0.15) is 0 Å².